The van der Waals surface area contributed by atoms with E-state index in [4.69, 9.17) is 4.42 Å². The highest BCUT2D eigenvalue weighted by atomic mass is 32.2. The quantitative estimate of drug-likeness (QED) is 0.727. The molecular weight excluding hydrogens is 284 g/mol. The minimum absolute atomic E-state index is 0.0185. The van der Waals surface area contributed by atoms with E-state index in [9.17, 15) is 9.00 Å². The molecule has 3 rings (SSSR count). The molecule has 3 nitrogen and oxygen atoms in total. The van der Waals surface area contributed by atoms with Crippen molar-refractivity contribution in [3.05, 3.63) is 64.3 Å². The fraction of sp³-hybridized carbons (Fsp3) is 0.118. The number of para-hydroxylation sites is 1. The van der Waals surface area contributed by atoms with Crippen molar-refractivity contribution in [2.45, 2.75) is 11.8 Å². The Bertz CT molecular complexity index is 892. The fourth-order valence-corrected chi connectivity index (χ4v) is 2.83. The average molecular weight is 298 g/mol. The van der Waals surface area contributed by atoms with Gasteiger partial charge in [-0.3, -0.25) is 9.00 Å². The molecule has 0 radical (unpaired) electrons. The van der Waals surface area contributed by atoms with Crippen LogP contribution in [0.25, 0.3) is 22.3 Å². The maximum atomic E-state index is 12.4. The van der Waals surface area contributed by atoms with E-state index in [0.717, 1.165) is 10.5 Å². The molecule has 21 heavy (non-hydrogen) atoms. The molecule has 0 saturated heterocycles. The summed E-state index contributed by atoms with van der Waals surface area (Å²) in [7, 11) is -1.02. The lowest BCUT2D eigenvalue weighted by Crippen LogP contribution is -2.07. The second kappa shape index (κ2) is 5.30. The second-order valence-corrected chi connectivity index (χ2v) is 6.24. The number of hydrogen-bond acceptors (Lipinski definition) is 3. The molecule has 106 valence electrons. The normalized spacial score (nSPS) is 12.5. The summed E-state index contributed by atoms with van der Waals surface area (Å²) < 4.78 is 17.3. The Morgan fingerprint density at radius 1 is 1.00 bits per heavy atom. The second-order valence-electron chi connectivity index (χ2n) is 4.86. The molecule has 0 saturated carbocycles. The van der Waals surface area contributed by atoms with Crippen molar-refractivity contribution in [2.24, 2.45) is 0 Å². The first-order valence-corrected chi connectivity index (χ1v) is 8.10. The first kappa shape index (κ1) is 13.8. The van der Waals surface area contributed by atoms with Gasteiger partial charge >= 0.3 is 0 Å². The predicted octanol–water partition coefficient (Wildman–Crippen LogP) is 3.51. The predicted molar refractivity (Wildman–Crippen MR) is 85.0 cm³/mol. The van der Waals surface area contributed by atoms with Crippen LogP contribution in [0.4, 0.5) is 0 Å². The summed E-state index contributed by atoms with van der Waals surface area (Å²) in [6.07, 6.45) is 1.64. The Morgan fingerprint density at radius 3 is 2.33 bits per heavy atom. The summed E-state index contributed by atoms with van der Waals surface area (Å²) in [6, 6.07) is 14.5. The van der Waals surface area contributed by atoms with E-state index in [2.05, 4.69) is 0 Å². The van der Waals surface area contributed by atoms with Crippen LogP contribution in [-0.4, -0.2) is 10.5 Å². The molecule has 0 fully saturated rings. The van der Waals surface area contributed by atoms with Crippen LogP contribution in [0.5, 0.6) is 0 Å². The van der Waals surface area contributed by atoms with Crippen molar-refractivity contribution in [3.63, 3.8) is 0 Å². The molecule has 1 heterocycles. The summed E-state index contributed by atoms with van der Waals surface area (Å²) in [5.41, 5.74) is 1.95. The van der Waals surface area contributed by atoms with Gasteiger partial charge in [0.15, 0.2) is 5.43 Å². The van der Waals surface area contributed by atoms with Crippen LogP contribution >= 0.6 is 0 Å². The van der Waals surface area contributed by atoms with Crippen molar-refractivity contribution >= 4 is 21.8 Å². The maximum absolute atomic E-state index is 12.4. The molecule has 0 amide bonds. The smallest absolute Gasteiger partial charge is 0.196 e. The van der Waals surface area contributed by atoms with E-state index in [1.807, 2.05) is 24.3 Å². The van der Waals surface area contributed by atoms with Crippen LogP contribution in [0.15, 0.2) is 62.6 Å². The van der Waals surface area contributed by atoms with Crippen LogP contribution in [0.2, 0.25) is 0 Å². The summed E-state index contributed by atoms with van der Waals surface area (Å²) in [6.45, 7) is 1.76. The first-order chi connectivity index (χ1) is 10.1. The highest BCUT2D eigenvalue weighted by Crippen LogP contribution is 2.26. The zero-order chi connectivity index (χ0) is 15.0. The van der Waals surface area contributed by atoms with Crippen molar-refractivity contribution in [1.82, 2.24) is 0 Å². The van der Waals surface area contributed by atoms with Crippen LogP contribution in [0.1, 0.15) is 5.56 Å². The molecule has 0 spiro atoms. The first-order valence-electron chi connectivity index (χ1n) is 6.54. The van der Waals surface area contributed by atoms with Crippen LogP contribution < -0.4 is 5.43 Å². The maximum Gasteiger partial charge on any atom is 0.196 e. The molecule has 0 bridgehead atoms. The Labute approximate surface area is 124 Å². The van der Waals surface area contributed by atoms with Crippen LogP contribution in [0, 0.1) is 6.92 Å². The van der Waals surface area contributed by atoms with Gasteiger partial charge in [0, 0.05) is 33.1 Å². The lowest BCUT2D eigenvalue weighted by Gasteiger charge is -2.07. The number of rotatable bonds is 2. The third-order valence-electron chi connectivity index (χ3n) is 3.47. The van der Waals surface area contributed by atoms with Gasteiger partial charge in [0.1, 0.15) is 11.3 Å². The van der Waals surface area contributed by atoms with Gasteiger partial charge in [0.25, 0.3) is 0 Å². The van der Waals surface area contributed by atoms with E-state index in [1.165, 1.54) is 0 Å². The Kier molecular flexibility index (Phi) is 3.47. The van der Waals surface area contributed by atoms with Crippen molar-refractivity contribution in [3.8, 4) is 11.3 Å². The SMILES string of the molecule is Cc1c(-c2ccc(S(C)=O)cc2)oc2ccccc2c1=O. The topological polar surface area (TPSA) is 47.3 Å². The van der Waals surface area contributed by atoms with E-state index < -0.39 is 10.8 Å². The van der Waals surface area contributed by atoms with E-state index in [-0.39, 0.29) is 5.43 Å². The molecule has 0 aliphatic heterocycles. The zero-order valence-corrected chi connectivity index (χ0v) is 12.6. The van der Waals surface area contributed by atoms with Crippen molar-refractivity contribution < 1.29 is 8.63 Å². The summed E-state index contributed by atoms with van der Waals surface area (Å²) in [5, 5.41) is 0.588. The monoisotopic (exact) mass is 298 g/mol. The Hall–Kier alpha value is -2.20. The standard InChI is InChI=1S/C17H14O3S/c1-11-16(18)14-5-3-4-6-15(14)20-17(11)12-7-9-13(10-8-12)21(2)19/h3-10H,1-2H3. The van der Waals surface area contributed by atoms with E-state index >= 15 is 0 Å². The summed E-state index contributed by atoms with van der Waals surface area (Å²) in [4.78, 5) is 13.1. The molecule has 2 aromatic carbocycles. The summed E-state index contributed by atoms with van der Waals surface area (Å²) in [5.74, 6) is 0.562. The number of hydrogen-bond donors (Lipinski definition) is 0. The largest absolute Gasteiger partial charge is 0.456 e. The highest BCUT2D eigenvalue weighted by molar-refractivity contribution is 7.84. The third-order valence-corrected chi connectivity index (χ3v) is 4.41. The van der Waals surface area contributed by atoms with Crippen LogP contribution in [-0.2, 0) is 10.8 Å². The fourth-order valence-electron chi connectivity index (χ4n) is 2.31. The molecule has 4 heteroatoms. The van der Waals surface area contributed by atoms with Gasteiger partial charge in [0.2, 0.25) is 0 Å². The lowest BCUT2D eigenvalue weighted by molar-refractivity contribution is 0.614. The number of fused-ring (bicyclic) bond motifs is 1. The third kappa shape index (κ3) is 2.43. The van der Waals surface area contributed by atoms with E-state index in [1.54, 1.807) is 37.4 Å². The zero-order valence-electron chi connectivity index (χ0n) is 11.8. The van der Waals surface area contributed by atoms with Crippen LogP contribution in [0.3, 0.4) is 0 Å². The van der Waals surface area contributed by atoms with Crippen molar-refractivity contribution in [2.75, 3.05) is 6.26 Å². The number of benzene rings is 2. The minimum atomic E-state index is -1.02. The van der Waals surface area contributed by atoms with Crippen molar-refractivity contribution in [1.29, 1.82) is 0 Å². The van der Waals surface area contributed by atoms with Gasteiger partial charge in [-0.25, -0.2) is 0 Å². The Morgan fingerprint density at radius 2 is 1.67 bits per heavy atom. The van der Waals surface area contributed by atoms with Gasteiger partial charge in [0.05, 0.1) is 5.39 Å². The molecular formula is C17H14O3S. The molecule has 1 unspecified atom stereocenters. The lowest BCUT2D eigenvalue weighted by atomic mass is 10.1. The van der Waals surface area contributed by atoms with Gasteiger partial charge < -0.3 is 4.42 Å². The molecule has 1 atom stereocenters. The minimum Gasteiger partial charge on any atom is -0.456 e. The van der Waals surface area contributed by atoms with Gasteiger partial charge in [-0.1, -0.05) is 24.3 Å². The molecule has 0 aliphatic carbocycles. The molecule has 1 aromatic heterocycles. The Balaban J connectivity index is 2.22. The van der Waals surface area contributed by atoms with Gasteiger partial charge in [-0.15, -0.1) is 0 Å². The molecule has 3 aromatic rings. The summed E-state index contributed by atoms with van der Waals surface area (Å²) >= 11 is 0. The molecule has 0 aliphatic rings. The van der Waals surface area contributed by atoms with Gasteiger partial charge in [-0.05, 0) is 31.2 Å². The average Bonchev–Trinajstić information content (AvgIpc) is 2.51. The molecule has 0 N–H and O–H groups in total. The van der Waals surface area contributed by atoms with Gasteiger partial charge in [-0.2, -0.15) is 0 Å². The highest BCUT2D eigenvalue weighted by Gasteiger charge is 2.12. The van der Waals surface area contributed by atoms with E-state index in [0.29, 0.717) is 22.3 Å².